The van der Waals surface area contributed by atoms with Crippen LogP contribution in [-0.4, -0.2) is 25.9 Å². The van der Waals surface area contributed by atoms with Crippen molar-refractivity contribution in [2.75, 3.05) is 11.1 Å². The lowest BCUT2D eigenvalue weighted by molar-refractivity contribution is -0.116. The van der Waals surface area contributed by atoms with Crippen molar-refractivity contribution in [2.45, 2.75) is 6.54 Å². The lowest BCUT2D eigenvalue weighted by Crippen LogP contribution is -2.18. The van der Waals surface area contributed by atoms with E-state index in [1.807, 2.05) is 0 Å². The van der Waals surface area contributed by atoms with Crippen LogP contribution in [0, 0.1) is 0 Å². The molecule has 7 nitrogen and oxygen atoms in total. The molecule has 0 fully saturated rings. The second-order valence-electron chi connectivity index (χ2n) is 2.73. The molecule has 2 rings (SSSR count). The van der Waals surface area contributed by atoms with Gasteiger partial charge in [0.2, 0.25) is 5.91 Å². The molecule has 78 valence electrons. The molecule has 3 N–H and O–H groups in total. The molecule has 2 aromatic rings. The van der Waals surface area contributed by atoms with E-state index in [0.29, 0.717) is 5.13 Å². The summed E-state index contributed by atoms with van der Waals surface area (Å²) < 4.78 is 1.36. The maximum atomic E-state index is 11.4. The molecular formula is C7H8N6OS. The van der Waals surface area contributed by atoms with E-state index >= 15 is 0 Å². The summed E-state index contributed by atoms with van der Waals surface area (Å²) in [6, 6.07) is 0. The van der Waals surface area contributed by atoms with Crippen LogP contribution in [0.1, 0.15) is 0 Å². The second kappa shape index (κ2) is 4.05. The van der Waals surface area contributed by atoms with Crippen LogP contribution in [0.25, 0.3) is 0 Å². The number of aromatic nitrogens is 4. The van der Waals surface area contributed by atoms with E-state index < -0.39 is 0 Å². The number of hydrogen-bond acceptors (Lipinski definition) is 6. The molecule has 0 aliphatic rings. The second-order valence-corrected chi connectivity index (χ2v) is 3.62. The van der Waals surface area contributed by atoms with Gasteiger partial charge in [-0.25, -0.2) is 9.67 Å². The normalized spacial score (nSPS) is 10.1. The number of carbonyl (C=O) groups is 1. The minimum absolute atomic E-state index is 0.0732. The summed E-state index contributed by atoms with van der Waals surface area (Å²) in [5.41, 5.74) is 5.35. The number of nitrogen functional groups attached to an aromatic ring is 1. The van der Waals surface area contributed by atoms with Crippen LogP contribution in [0.2, 0.25) is 0 Å². The number of hydrogen-bond donors (Lipinski definition) is 2. The van der Waals surface area contributed by atoms with Crippen LogP contribution < -0.4 is 11.1 Å². The molecule has 0 aliphatic heterocycles. The van der Waals surface area contributed by atoms with Gasteiger partial charge in [0.25, 0.3) is 0 Å². The van der Waals surface area contributed by atoms with Gasteiger partial charge in [-0.05, 0) is 0 Å². The molecule has 0 bridgehead atoms. The minimum atomic E-state index is -0.213. The van der Waals surface area contributed by atoms with Gasteiger partial charge in [-0.15, -0.1) is 16.4 Å². The summed E-state index contributed by atoms with van der Waals surface area (Å²) in [7, 11) is 0. The summed E-state index contributed by atoms with van der Waals surface area (Å²) in [5, 5.41) is 12.2. The van der Waals surface area contributed by atoms with Gasteiger partial charge in [-0.1, -0.05) is 5.21 Å². The highest BCUT2D eigenvalue weighted by atomic mass is 32.1. The Labute approximate surface area is 88.9 Å². The maximum Gasteiger partial charge on any atom is 0.247 e. The van der Waals surface area contributed by atoms with Crippen molar-refractivity contribution in [2.24, 2.45) is 0 Å². The average Bonchev–Trinajstić information content (AvgIpc) is 2.77. The Morgan fingerprint density at radius 2 is 2.53 bits per heavy atom. The van der Waals surface area contributed by atoms with Crippen LogP contribution in [0.15, 0.2) is 17.8 Å². The number of anilines is 2. The van der Waals surface area contributed by atoms with Crippen LogP contribution in [0.4, 0.5) is 10.9 Å². The fraction of sp³-hybridized carbons (Fsp3) is 0.143. The van der Waals surface area contributed by atoms with Crippen LogP contribution >= 0.6 is 11.3 Å². The van der Waals surface area contributed by atoms with Gasteiger partial charge in [-0.3, -0.25) is 4.79 Å². The smallest absolute Gasteiger partial charge is 0.247 e. The fourth-order valence-corrected chi connectivity index (χ4v) is 1.53. The van der Waals surface area contributed by atoms with Gasteiger partial charge >= 0.3 is 0 Å². The molecule has 8 heteroatoms. The fourth-order valence-electron chi connectivity index (χ4n) is 0.982. The zero-order chi connectivity index (χ0) is 10.7. The first-order valence-electron chi connectivity index (χ1n) is 4.09. The zero-order valence-electron chi connectivity index (χ0n) is 7.62. The van der Waals surface area contributed by atoms with Crippen molar-refractivity contribution in [1.82, 2.24) is 20.0 Å². The van der Waals surface area contributed by atoms with Gasteiger partial charge in [0, 0.05) is 11.6 Å². The number of nitrogens with zero attached hydrogens (tertiary/aromatic N) is 4. The Kier molecular flexibility index (Phi) is 2.59. The van der Waals surface area contributed by atoms with E-state index in [4.69, 9.17) is 5.73 Å². The first-order chi connectivity index (χ1) is 7.24. The Hall–Kier alpha value is -1.96. The lowest BCUT2D eigenvalue weighted by Gasteiger charge is -2.00. The van der Waals surface area contributed by atoms with E-state index in [0.717, 1.165) is 0 Å². The Morgan fingerprint density at radius 3 is 3.13 bits per heavy atom. The maximum absolute atomic E-state index is 11.4. The summed E-state index contributed by atoms with van der Waals surface area (Å²) in [5.74, 6) is 0.0758. The summed E-state index contributed by atoms with van der Waals surface area (Å²) in [6.45, 7) is 0.0732. The number of carbonyl (C=O) groups excluding carboxylic acids is 1. The molecule has 0 radical (unpaired) electrons. The molecular weight excluding hydrogens is 216 g/mol. The highest BCUT2D eigenvalue weighted by Crippen LogP contribution is 2.09. The lowest BCUT2D eigenvalue weighted by atomic mass is 10.6. The predicted molar refractivity (Wildman–Crippen MR) is 55.2 cm³/mol. The average molecular weight is 224 g/mol. The SMILES string of the molecule is Nc1cn(CC(=O)Nc2nccs2)nn1. The van der Waals surface area contributed by atoms with Crippen molar-refractivity contribution >= 4 is 28.2 Å². The van der Waals surface area contributed by atoms with Crippen molar-refractivity contribution < 1.29 is 4.79 Å². The first kappa shape index (κ1) is 9.59. The summed E-state index contributed by atoms with van der Waals surface area (Å²) >= 11 is 1.35. The van der Waals surface area contributed by atoms with Crippen molar-refractivity contribution in [3.05, 3.63) is 17.8 Å². The Bertz CT molecular complexity index is 450. The van der Waals surface area contributed by atoms with E-state index in [-0.39, 0.29) is 18.3 Å². The monoisotopic (exact) mass is 224 g/mol. The Morgan fingerprint density at radius 1 is 1.67 bits per heavy atom. The minimum Gasteiger partial charge on any atom is -0.381 e. The highest BCUT2D eigenvalue weighted by Gasteiger charge is 2.06. The van der Waals surface area contributed by atoms with Gasteiger partial charge in [0.15, 0.2) is 10.9 Å². The number of thiazole rings is 1. The van der Waals surface area contributed by atoms with Crippen LogP contribution in [-0.2, 0) is 11.3 Å². The number of nitrogens with one attached hydrogen (secondary N) is 1. The third kappa shape index (κ3) is 2.50. The molecule has 15 heavy (non-hydrogen) atoms. The zero-order valence-corrected chi connectivity index (χ0v) is 8.44. The van der Waals surface area contributed by atoms with E-state index in [1.54, 1.807) is 11.6 Å². The van der Waals surface area contributed by atoms with E-state index in [1.165, 1.54) is 22.2 Å². The molecule has 2 aromatic heterocycles. The molecule has 0 saturated carbocycles. The molecule has 2 heterocycles. The van der Waals surface area contributed by atoms with Crippen molar-refractivity contribution in [1.29, 1.82) is 0 Å². The number of nitrogens with two attached hydrogens (primary N) is 1. The van der Waals surface area contributed by atoms with Crippen molar-refractivity contribution in [3.63, 3.8) is 0 Å². The third-order valence-corrected chi connectivity index (χ3v) is 2.23. The topological polar surface area (TPSA) is 98.7 Å². The predicted octanol–water partition coefficient (Wildman–Crippen LogP) is -0.0445. The van der Waals surface area contributed by atoms with Crippen LogP contribution in [0.5, 0.6) is 0 Å². The third-order valence-electron chi connectivity index (χ3n) is 1.54. The largest absolute Gasteiger partial charge is 0.381 e. The van der Waals surface area contributed by atoms with Gasteiger partial charge in [0.05, 0.1) is 6.20 Å². The van der Waals surface area contributed by atoms with Gasteiger partial charge in [-0.2, -0.15) is 0 Å². The highest BCUT2D eigenvalue weighted by molar-refractivity contribution is 7.13. The van der Waals surface area contributed by atoms with E-state index in [9.17, 15) is 4.79 Å². The summed E-state index contributed by atoms with van der Waals surface area (Å²) in [6.07, 6.45) is 3.11. The number of rotatable bonds is 3. The summed E-state index contributed by atoms with van der Waals surface area (Å²) in [4.78, 5) is 15.3. The molecule has 0 spiro atoms. The number of amides is 1. The quantitative estimate of drug-likeness (QED) is 0.761. The molecule has 0 atom stereocenters. The molecule has 0 aromatic carbocycles. The van der Waals surface area contributed by atoms with Gasteiger partial charge in [0.1, 0.15) is 6.54 Å². The van der Waals surface area contributed by atoms with Crippen LogP contribution in [0.3, 0.4) is 0 Å². The molecule has 0 unspecified atom stereocenters. The molecule has 0 aliphatic carbocycles. The molecule has 0 saturated heterocycles. The molecule has 1 amide bonds. The first-order valence-corrected chi connectivity index (χ1v) is 4.97. The van der Waals surface area contributed by atoms with Gasteiger partial charge < -0.3 is 11.1 Å². The Balaban J connectivity index is 1.93. The standard InChI is InChI=1S/C7H8N6OS/c8-5-3-13(12-11-5)4-6(14)10-7-9-1-2-15-7/h1-3H,4,8H2,(H,9,10,14). The van der Waals surface area contributed by atoms with E-state index in [2.05, 4.69) is 20.6 Å². The van der Waals surface area contributed by atoms with Crippen molar-refractivity contribution in [3.8, 4) is 0 Å².